The summed E-state index contributed by atoms with van der Waals surface area (Å²) in [5.41, 5.74) is 4.66. The summed E-state index contributed by atoms with van der Waals surface area (Å²) in [7, 11) is 0. The SMILES string of the molecule is Cc1ccc(-n2nccn2)c(C(=O)N2C3CCC2C(Cc2cnc4ccccc4n2)C3)n1. The molecule has 3 aromatic heterocycles. The number of aryl methyl sites for hydroxylation is 1. The van der Waals surface area contributed by atoms with Crippen LogP contribution in [0.15, 0.2) is 55.0 Å². The average molecular weight is 425 g/mol. The molecule has 2 fully saturated rings. The number of hydrogen-bond donors (Lipinski definition) is 0. The molecule has 1 aromatic carbocycles. The van der Waals surface area contributed by atoms with E-state index >= 15 is 0 Å². The van der Waals surface area contributed by atoms with Gasteiger partial charge in [0.25, 0.3) is 5.91 Å². The highest BCUT2D eigenvalue weighted by Gasteiger charge is 2.49. The lowest BCUT2D eigenvalue weighted by Gasteiger charge is -2.25. The molecule has 2 bridgehead atoms. The molecular formula is C24H23N7O. The van der Waals surface area contributed by atoms with Crippen LogP contribution in [0.25, 0.3) is 16.7 Å². The second-order valence-corrected chi connectivity index (χ2v) is 8.70. The Hall–Kier alpha value is -3.68. The van der Waals surface area contributed by atoms with Crippen LogP contribution < -0.4 is 0 Å². The largest absolute Gasteiger partial charge is 0.331 e. The van der Waals surface area contributed by atoms with Gasteiger partial charge in [-0.3, -0.25) is 9.78 Å². The summed E-state index contributed by atoms with van der Waals surface area (Å²) in [4.78, 5) is 31.2. The van der Waals surface area contributed by atoms with Crippen molar-refractivity contribution >= 4 is 16.9 Å². The summed E-state index contributed by atoms with van der Waals surface area (Å²) < 4.78 is 0. The van der Waals surface area contributed by atoms with E-state index < -0.39 is 0 Å². The minimum Gasteiger partial charge on any atom is -0.331 e. The van der Waals surface area contributed by atoms with Crippen LogP contribution in [0.3, 0.4) is 0 Å². The van der Waals surface area contributed by atoms with E-state index in [0.29, 0.717) is 17.3 Å². The van der Waals surface area contributed by atoms with Gasteiger partial charge in [0.05, 0.1) is 29.1 Å². The molecule has 2 aliphatic heterocycles. The summed E-state index contributed by atoms with van der Waals surface area (Å²) >= 11 is 0. The van der Waals surface area contributed by atoms with Crippen LogP contribution in [0.4, 0.5) is 0 Å². The molecule has 8 nitrogen and oxygen atoms in total. The zero-order valence-electron chi connectivity index (χ0n) is 17.8. The van der Waals surface area contributed by atoms with Gasteiger partial charge in [0.1, 0.15) is 5.69 Å². The van der Waals surface area contributed by atoms with E-state index in [1.165, 1.54) is 4.80 Å². The Bertz CT molecular complexity index is 1300. The molecule has 160 valence electrons. The molecule has 2 saturated heterocycles. The second-order valence-electron chi connectivity index (χ2n) is 8.70. The van der Waals surface area contributed by atoms with Crippen LogP contribution in [0.1, 0.15) is 41.1 Å². The summed E-state index contributed by atoms with van der Waals surface area (Å²) in [5, 5.41) is 8.43. The minimum atomic E-state index is -0.0272. The van der Waals surface area contributed by atoms with Gasteiger partial charge < -0.3 is 4.90 Å². The third kappa shape index (κ3) is 3.14. The third-order valence-corrected chi connectivity index (χ3v) is 6.72. The van der Waals surface area contributed by atoms with Gasteiger partial charge in [0.2, 0.25) is 0 Å². The molecule has 5 heterocycles. The topological polar surface area (TPSA) is 89.7 Å². The predicted octanol–water partition coefficient (Wildman–Crippen LogP) is 3.15. The number of hydrogen-bond acceptors (Lipinski definition) is 6. The van der Waals surface area contributed by atoms with Crippen molar-refractivity contribution in [3.63, 3.8) is 0 Å². The van der Waals surface area contributed by atoms with Crippen LogP contribution in [-0.4, -0.2) is 52.8 Å². The van der Waals surface area contributed by atoms with Crippen molar-refractivity contribution < 1.29 is 4.79 Å². The van der Waals surface area contributed by atoms with Gasteiger partial charge in [-0.15, -0.1) is 4.80 Å². The Morgan fingerprint density at radius 1 is 1.03 bits per heavy atom. The number of pyridine rings is 1. The maximum atomic E-state index is 13.7. The smallest absolute Gasteiger partial charge is 0.275 e. The van der Waals surface area contributed by atoms with Gasteiger partial charge in [0, 0.05) is 24.0 Å². The molecule has 4 aromatic rings. The number of benzene rings is 1. The standard InChI is InChI=1S/C24H23N7O/c1-15-6-8-22(31-26-10-11-27-31)23(28-15)24(32)30-18-7-9-21(30)16(13-18)12-17-14-25-19-4-2-3-5-20(19)29-17/h2-6,8,10-11,14,16,18,21H,7,9,12-13H2,1H3. The molecule has 0 N–H and O–H groups in total. The molecule has 8 heteroatoms. The molecule has 0 spiro atoms. The molecule has 3 atom stereocenters. The fourth-order valence-electron chi connectivity index (χ4n) is 5.34. The van der Waals surface area contributed by atoms with E-state index in [-0.39, 0.29) is 18.0 Å². The van der Waals surface area contributed by atoms with Crippen LogP contribution in [0, 0.1) is 12.8 Å². The van der Waals surface area contributed by atoms with Crippen molar-refractivity contribution in [3.8, 4) is 5.69 Å². The monoisotopic (exact) mass is 425 g/mol. The maximum Gasteiger partial charge on any atom is 0.275 e. The zero-order chi connectivity index (χ0) is 21.7. The van der Waals surface area contributed by atoms with Gasteiger partial charge in [-0.2, -0.15) is 10.2 Å². The van der Waals surface area contributed by atoms with E-state index in [0.717, 1.165) is 48.1 Å². The molecule has 0 saturated carbocycles. The fourth-order valence-corrected chi connectivity index (χ4v) is 5.34. The Kier molecular flexibility index (Phi) is 4.45. The summed E-state index contributed by atoms with van der Waals surface area (Å²) in [5.74, 6) is 0.352. The maximum absolute atomic E-state index is 13.7. The van der Waals surface area contributed by atoms with Gasteiger partial charge in [-0.1, -0.05) is 12.1 Å². The van der Waals surface area contributed by atoms with Crippen LogP contribution in [0.2, 0.25) is 0 Å². The molecular weight excluding hydrogens is 402 g/mol. The number of para-hydroxylation sites is 2. The van der Waals surface area contributed by atoms with Gasteiger partial charge in [-0.05, 0) is 62.8 Å². The zero-order valence-corrected chi connectivity index (χ0v) is 17.8. The quantitative estimate of drug-likeness (QED) is 0.499. The van der Waals surface area contributed by atoms with E-state index in [4.69, 9.17) is 4.98 Å². The first-order valence-corrected chi connectivity index (χ1v) is 11.0. The molecule has 3 unspecified atom stereocenters. The summed E-state index contributed by atoms with van der Waals surface area (Å²) in [6.07, 6.45) is 8.97. The summed E-state index contributed by atoms with van der Waals surface area (Å²) in [6, 6.07) is 12.1. The second kappa shape index (κ2) is 7.47. The lowest BCUT2D eigenvalue weighted by molar-refractivity contribution is 0.0712. The van der Waals surface area contributed by atoms with Crippen molar-refractivity contribution in [1.82, 2.24) is 34.8 Å². The number of amides is 1. The van der Waals surface area contributed by atoms with Crippen molar-refractivity contribution in [2.24, 2.45) is 5.92 Å². The van der Waals surface area contributed by atoms with Crippen molar-refractivity contribution in [2.75, 3.05) is 0 Å². The Labute approximate surface area is 185 Å². The highest BCUT2D eigenvalue weighted by Crippen LogP contribution is 2.44. The number of aromatic nitrogens is 6. The van der Waals surface area contributed by atoms with Gasteiger partial charge in [-0.25, -0.2) is 9.97 Å². The van der Waals surface area contributed by atoms with E-state index in [9.17, 15) is 4.79 Å². The number of nitrogens with zero attached hydrogens (tertiary/aromatic N) is 7. The fraction of sp³-hybridized carbons (Fsp3) is 0.333. The Balaban J connectivity index is 1.28. The van der Waals surface area contributed by atoms with Gasteiger partial charge in [0.15, 0.2) is 5.69 Å². The van der Waals surface area contributed by atoms with Crippen LogP contribution in [-0.2, 0) is 6.42 Å². The third-order valence-electron chi connectivity index (χ3n) is 6.72. The molecule has 32 heavy (non-hydrogen) atoms. The minimum absolute atomic E-state index is 0.0272. The average Bonchev–Trinajstić information content (AvgIpc) is 3.55. The first kappa shape index (κ1) is 19.0. The Morgan fingerprint density at radius 3 is 2.69 bits per heavy atom. The molecule has 0 aliphatic carbocycles. The molecule has 6 rings (SSSR count). The molecule has 2 aliphatic rings. The highest BCUT2D eigenvalue weighted by molar-refractivity contribution is 5.96. The van der Waals surface area contributed by atoms with E-state index in [1.54, 1.807) is 12.4 Å². The first-order chi connectivity index (χ1) is 15.7. The molecule has 0 radical (unpaired) electrons. The van der Waals surface area contributed by atoms with Gasteiger partial charge >= 0.3 is 0 Å². The number of fused-ring (bicyclic) bond motifs is 3. The highest BCUT2D eigenvalue weighted by atomic mass is 16.2. The lowest BCUT2D eigenvalue weighted by atomic mass is 9.86. The van der Waals surface area contributed by atoms with Crippen molar-refractivity contribution in [3.05, 3.63) is 72.1 Å². The van der Waals surface area contributed by atoms with Crippen LogP contribution >= 0.6 is 0 Å². The normalized spacial score (nSPS) is 22.0. The van der Waals surface area contributed by atoms with Crippen LogP contribution in [0.5, 0.6) is 0 Å². The number of rotatable bonds is 4. The summed E-state index contributed by atoms with van der Waals surface area (Å²) in [6.45, 7) is 1.90. The van der Waals surface area contributed by atoms with E-state index in [1.807, 2.05) is 49.5 Å². The number of carbonyl (C=O) groups excluding carboxylic acids is 1. The Morgan fingerprint density at radius 2 is 1.84 bits per heavy atom. The molecule has 1 amide bonds. The van der Waals surface area contributed by atoms with E-state index in [2.05, 4.69) is 25.1 Å². The predicted molar refractivity (Wildman–Crippen MR) is 118 cm³/mol. The number of carbonyl (C=O) groups is 1. The first-order valence-electron chi connectivity index (χ1n) is 11.0. The van der Waals surface area contributed by atoms with Crippen molar-refractivity contribution in [1.29, 1.82) is 0 Å². The van der Waals surface area contributed by atoms with Crippen molar-refractivity contribution in [2.45, 2.75) is 44.7 Å². The lowest BCUT2D eigenvalue weighted by Crippen LogP contribution is -2.38.